The van der Waals surface area contributed by atoms with Crippen LogP contribution in [0.3, 0.4) is 0 Å². The van der Waals surface area contributed by atoms with Gasteiger partial charge in [0.25, 0.3) is 0 Å². The van der Waals surface area contributed by atoms with E-state index in [1.807, 2.05) is 0 Å². The summed E-state index contributed by atoms with van der Waals surface area (Å²) in [4.78, 5) is 0. The maximum Gasteiger partial charge on any atom is 0.0162 e. The van der Waals surface area contributed by atoms with Gasteiger partial charge >= 0.3 is 0 Å². The molecule has 0 atom stereocenters. The summed E-state index contributed by atoms with van der Waals surface area (Å²) in [6, 6.07) is 0. The van der Waals surface area contributed by atoms with Crippen molar-refractivity contribution in [3.63, 3.8) is 0 Å². The monoisotopic (exact) mass is 169 g/mol. The minimum Gasteiger partial charge on any atom is -0.312 e. The molecule has 0 aliphatic rings. The zero-order chi connectivity index (χ0) is 9.61. The Hall–Kier alpha value is -0.300. The van der Waals surface area contributed by atoms with Gasteiger partial charge < -0.3 is 5.32 Å². The van der Waals surface area contributed by atoms with E-state index in [4.69, 9.17) is 0 Å². The standard InChI is InChI=1S/C11H23N/c1-6-10(3)8-12-9-11(4,5)7-2/h12H,3,6-9H2,1-2,4-5H3. The van der Waals surface area contributed by atoms with Crippen LogP contribution in [0.15, 0.2) is 12.2 Å². The minimum atomic E-state index is 0.425. The van der Waals surface area contributed by atoms with E-state index in [0.717, 1.165) is 19.5 Å². The van der Waals surface area contributed by atoms with Crippen molar-refractivity contribution >= 4 is 0 Å². The number of hydrogen-bond donors (Lipinski definition) is 1. The molecule has 0 aliphatic carbocycles. The summed E-state index contributed by atoms with van der Waals surface area (Å²) in [5, 5.41) is 3.43. The van der Waals surface area contributed by atoms with E-state index in [9.17, 15) is 0 Å². The van der Waals surface area contributed by atoms with Crippen LogP contribution < -0.4 is 5.32 Å². The lowest BCUT2D eigenvalue weighted by atomic mass is 9.90. The molecule has 0 aromatic rings. The molecule has 0 aromatic carbocycles. The van der Waals surface area contributed by atoms with E-state index in [1.54, 1.807) is 0 Å². The molecule has 0 bridgehead atoms. The van der Waals surface area contributed by atoms with Crippen molar-refractivity contribution in [2.45, 2.75) is 40.5 Å². The summed E-state index contributed by atoms with van der Waals surface area (Å²) in [6.07, 6.45) is 2.30. The molecule has 0 amide bonds. The topological polar surface area (TPSA) is 12.0 Å². The van der Waals surface area contributed by atoms with Gasteiger partial charge in [-0.2, -0.15) is 0 Å². The fourth-order valence-electron chi connectivity index (χ4n) is 0.828. The molecule has 72 valence electrons. The lowest BCUT2D eigenvalue weighted by Gasteiger charge is -2.23. The first-order chi connectivity index (χ1) is 5.52. The van der Waals surface area contributed by atoms with Crippen LogP contribution in [-0.4, -0.2) is 13.1 Å². The van der Waals surface area contributed by atoms with E-state index >= 15 is 0 Å². The van der Waals surface area contributed by atoms with Gasteiger partial charge in [0.2, 0.25) is 0 Å². The molecule has 0 rings (SSSR count). The van der Waals surface area contributed by atoms with Gasteiger partial charge in [0.05, 0.1) is 0 Å². The molecular formula is C11H23N. The van der Waals surface area contributed by atoms with Gasteiger partial charge in [-0.05, 0) is 18.3 Å². The molecule has 0 spiro atoms. The molecular weight excluding hydrogens is 146 g/mol. The van der Waals surface area contributed by atoms with Crippen LogP contribution in [-0.2, 0) is 0 Å². The van der Waals surface area contributed by atoms with Gasteiger partial charge in [-0.3, -0.25) is 0 Å². The SMILES string of the molecule is C=C(CC)CNCC(C)(C)CC. The summed E-state index contributed by atoms with van der Waals surface area (Å²) in [5.41, 5.74) is 1.72. The second-order valence-corrected chi connectivity index (χ2v) is 4.22. The summed E-state index contributed by atoms with van der Waals surface area (Å²) < 4.78 is 0. The largest absolute Gasteiger partial charge is 0.312 e. The molecule has 1 N–H and O–H groups in total. The van der Waals surface area contributed by atoms with Crippen molar-refractivity contribution in [1.29, 1.82) is 0 Å². The third kappa shape index (κ3) is 5.36. The van der Waals surface area contributed by atoms with Crippen LogP contribution in [0.5, 0.6) is 0 Å². The van der Waals surface area contributed by atoms with Crippen molar-refractivity contribution < 1.29 is 0 Å². The third-order valence-electron chi connectivity index (χ3n) is 2.44. The third-order valence-corrected chi connectivity index (χ3v) is 2.44. The first-order valence-corrected chi connectivity index (χ1v) is 4.89. The van der Waals surface area contributed by atoms with Gasteiger partial charge in [-0.25, -0.2) is 0 Å². The van der Waals surface area contributed by atoms with Crippen molar-refractivity contribution in [1.82, 2.24) is 5.32 Å². The average Bonchev–Trinajstić information content (AvgIpc) is 2.04. The normalized spacial score (nSPS) is 11.7. The first-order valence-electron chi connectivity index (χ1n) is 4.89. The average molecular weight is 169 g/mol. The highest BCUT2D eigenvalue weighted by molar-refractivity contribution is 4.95. The Balaban J connectivity index is 3.49. The minimum absolute atomic E-state index is 0.425. The highest BCUT2D eigenvalue weighted by Gasteiger charge is 2.13. The van der Waals surface area contributed by atoms with Gasteiger partial charge in [-0.1, -0.05) is 39.8 Å². The van der Waals surface area contributed by atoms with Gasteiger partial charge in [0.1, 0.15) is 0 Å². The molecule has 1 heteroatoms. The second kappa shape index (κ2) is 5.36. The molecule has 0 saturated heterocycles. The summed E-state index contributed by atoms with van der Waals surface area (Å²) in [7, 11) is 0. The Morgan fingerprint density at radius 3 is 2.33 bits per heavy atom. The molecule has 1 nitrogen and oxygen atoms in total. The number of rotatable bonds is 6. The molecule has 0 unspecified atom stereocenters. The molecule has 0 radical (unpaired) electrons. The molecule has 0 saturated carbocycles. The highest BCUT2D eigenvalue weighted by Crippen LogP contribution is 2.17. The zero-order valence-electron chi connectivity index (χ0n) is 9.04. The maximum absolute atomic E-state index is 3.96. The van der Waals surface area contributed by atoms with Crippen molar-refractivity contribution in [2.75, 3.05) is 13.1 Å². The number of hydrogen-bond acceptors (Lipinski definition) is 1. The molecule has 0 aromatic heterocycles. The molecule has 0 fully saturated rings. The highest BCUT2D eigenvalue weighted by atomic mass is 14.9. The Morgan fingerprint density at radius 1 is 1.33 bits per heavy atom. The zero-order valence-corrected chi connectivity index (χ0v) is 9.04. The Bertz CT molecular complexity index is 136. The van der Waals surface area contributed by atoms with E-state index in [2.05, 4.69) is 39.6 Å². The van der Waals surface area contributed by atoms with E-state index in [1.165, 1.54) is 12.0 Å². The Kier molecular flexibility index (Phi) is 5.23. The van der Waals surface area contributed by atoms with E-state index < -0.39 is 0 Å². The summed E-state index contributed by atoms with van der Waals surface area (Å²) >= 11 is 0. The van der Waals surface area contributed by atoms with Crippen LogP contribution in [0.25, 0.3) is 0 Å². The molecule has 0 aliphatic heterocycles. The first kappa shape index (κ1) is 11.7. The quantitative estimate of drug-likeness (QED) is 0.603. The lowest BCUT2D eigenvalue weighted by molar-refractivity contribution is 0.333. The summed E-state index contributed by atoms with van der Waals surface area (Å²) in [6.45, 7) is 15.0. The van der Waals surface area contributed by atoms with Crippen molar-refractivity contribution in [3.05, 3.63) is 12.2 Å². The van der Waals surface area contributed by atoms with Gasteiger partial charge in [0, 0.05) is 13.1 Å². The second-order valence-electron chi connectivity index (χ2n) is 4.22. The summed E-state index contributed by atoms with van der Waals surface area (Å²) in [5.74, 6) is 0. The predicted octanol–water partition coefficient (Wildman–Crippen LogP) is 2.98. The van der Waals surface area contributed by atoms with Crippen LogP contribution in [0.2, 0.25) is 0 Å². The molecule has 12 heavy (non-hydrogen) atoms. The fraction of sp³-hybridized carbons (Fsp3) is 0.818. The van der Waals surface area contributed by atoms with Crippen LogP contribution in [0.1, 0.15) is 40.5 Å². The van der Waals surface area contributed by atoms with Crippen molar-refractivity contribution in [3.8, 4) is 0 Å². The van der Waals surface area contributed by atoms with E-state index in [-0.39, 0.29) is 0 Å². The van der Waals surface area contributed by atoms with Gasteiger partial charge in [-0.15, -0.1) is 0 Å². The smallest absolute Gasteiger partial charge is 0.0162 e. The number of nitrogens with one attached hydrogen (secondary N) is 1. The maximum atomic E-state index is 3.96. The Labute approximate surface area is 77.2 Å². The van der Waals surface area contributed by atoms with Crippen molar-refractivity contribution in [2.24, 2.45) is 5.41 Å². The predicted molar refractivity (Wildman–Crippen MR) is 56.4 cm³/mol. The fourth-order valence-corrected chi connectivity index (χ4v) is 0.828. The van der Waals surface area contributed by atoms with Crippen LogP contribution in [0, 0.1) is 5.41 Å². The lowest BCUT2D eigenvalue weighted by Crippen LogP contribution is -2.29. The van der Waals surface area contributed by atoms with Crippen LogP contribution in [0.4, 0.5) is 0 Å². The van der Waals surface area contributed by atoms with E-state index in [0.29, 0.717) is 5.41 Å². The Morgan fingerprint density at radius 2 is 1.92 bits per heavy atom. The van der Waals surface area contributed by atoms with Crippen LogP contribution >= 0.6 is 0 Å². The molecule has 0 heterocycles. The van der Waals surface area contributed by atoms with Gasteiger partial charge in [0.15, 0.2) is 0 Å².